The van der Waals surface area contributed by atoms with Crippen molar-refractivity contribution in [3.63, 3.8) is 0 Å². The van der Waals surface area contributed by atoms with E-state index < -0.39 is 0 Å². The van der Waals surface area contributed by atoms with Gasteiger partial charge < -0.3 is 9.64 Å². The van der Waals surface area contributed by atoms with Gasteiger partial charge in [0.2, 0.25) is 0 Å². The van der Waals surface area contributed by atoms with Crippen molar-refractivity contribution in [2.45, 2.75) is 38.7 Å². The lowest BCUT2D eigenvalue weighted by Crippen LogP contribution is -2.47. The number of rotatable bonds is 9. The molecule has 1 aromatic heterocycles. The highest BCUT2D eigenvalue weighted by atomic mass is 19.1. The van der Waals surface area contributed by atoms with Crippen LogP contribution in [0.4, 0.5) is 14.6 Å². The molecular weight excluding hydrogens is 460 g/mol. The summed E-state index contributed by atoms with van der Waals surface area (Å²) in [5.74, 6) is -0.111. The molecule has 0 atom stereocenters. The maximum atomic E-state index is 13.5. The Labute approximate surface area is 211 Å². The van der Waals surface area contributed by atoms with Crippen LogP contribution in [0.1, 0.15) is 54.1 Å². The van der Waals surface area contributed by atoms with Gasteiger partial charge in [-0.1, -0.05) is 24.3 Å². The number of anilines is 1. The Morgan fingerprint density at radius 1 is 0.917 bits per heavy atom. The molecule has 1 aliphatic heterocycles. The van der Waals surface area contributed by atoms with E-state index in [1.165, 1.54) is 24.3 Å². The van der Waals surface area contributed by atoms with Crippen molar-refractivity contribution in [2.24, 2.45) is 0 Å². The number of carbonyl (C=O) groups excluding carboxylic acids is 1. The van der Waals surface area contributed by atoms with E-state index in [4.69, 9.17) is 4.74 Å². The van der Waals surface area contributed by atoms with E-state index in [1.54, 1.807) is 18.3 Å². The smallest absolute Gasteiger partial charge is 0.342 e. The number of ether oxygens (including phenoxy) is 1. The first-order chi connectivity index (χ1) is 17.4. The summed E-state index contributed by atoms with van der Waals surface area (Å²) in [6.07, 6.45) is 3.35. The fourth-order valence-corrected chi connectivity index (χ4v) is 4.70. The minimum Gasteiger partial charge on any atom is -0.459 e. The first-order valence-corrected chi connectivity index (χ1v) is 12.5. The fraction of sp³-hybridized carbons (Fsp3) is 0.379. The second kappa shape index (κ2) is 12.1. The van der Waals surface area contributed by atoms with Crippen molar-refractivity contribution in [1.29, 1.82) is 0 Å². The van der Waals surface area contributed by atoms with Gasteiger partial charge in [-0.15, -0.1) is 0 Å². The van der Waals surface area contributed by atoms with E-state index in [9.17, 15) is 13.6 Å². The summed E-state index contributed by atoms with van der Waals surface area (Å²) >= 11 is 0. The Kier molecular flexibility index (Phi) is 8.65. The number of hydrogen-bond acceptors (Lipinski definition) is 5. The van der Waals surface area contributed by atoms with Crippen LogP contribution in [-0.2, 0) is 4.74 Å². The molecule has 5 nitrogen and oxygen atoms in total. The van der Waals surface area contributed by atoms with Crippen molar-refractivity contribution in [2.75, 3.05) is 37.6 Å². The lowest BCUT2D eigenvalue weighted by Gasteiger charge is -2.36. The Bertz CT molecular complexity index is 1080. The lowest BCUT2D eigenvalue weighted by molar-refractivity contribution is 0.0378. The molecule has 0 N–H and O–H groups in total. The largest absolute Gasteiger partial charge is 0.459 e. The molecule has 0 amide bonds. The molecule has 0 aliphatic carbocycles. The minimum atomic E-state index is -0.344. The molecule has 36 heavy (non-hydrogen) atoms. The molecule has 0 spiro atoms. The van der Waals surface area contributed by atoms with Gasteiger partial charge in [-0.2, -0.15) is 0 Å². The van der Waals surface area contributed by atoms with Crippen LogP contribution in [0.25, 0.3) is 0 Å². The van der Waals surface area contributed by atoms with Crippen LogP contribution in [0.15, 0.2) is 66.9 Å². The normalized spacial score (nSPS) is 14.4. The topological polar surface area (TPSA) is 45.7 Å². The van der Waals surface area contributed by atoms with Crippen molar-refractivity contribution in [3.05, 3.63) is 95.2 Å². The molecule has 0 bridgehead atoms. The molecule has 1 aliphatic rings. The van der Waals surface area contributed by atoms with Crippen molar-refractivity contribution in [1.82, 2.24) is 9.88 Å². The van der Waals surface area contributed by atoms with Crippen LogP contribution in [0, 0.1) is 11.6 Å². The van der Waals surface area contributed by atoms with E-state index in [0.29, 0.717) is 11.4 Å². The fourth-order valence-electron chi connectivity index (χ4n) is 4.70. The van der Waals surface area contributed by atoms with Gasteiger partial charge >= 0.3 is 5.97 Å². The van der Waals surface area contributed by atoms with Crippen molar-refractivity contribution in [3.8, 4) is 0 Å². The zero-order valence-electron chi connectivity index (χ0n) is 20.9. The summed E-state index contributed by atoms with van der Waals surface area (Å²) in [7, 11) is 0. The molecule has 1 saturated heterocycles. The Morgan fingerprint density at radius 2 is 1.50 bits per heavy atom. The van der Waals surface area contributed by atoms with Crippen LogP contribution in [0.5, 0.6) is 0 Å². The number of piperazine rings is 1. The zero-order chi connectivity index (χ0) is 25.5. The molecule has 0 unspecified atom stereocenters. The van der Waals surface area contributed by atoms with Crippen LogP contribution >= 0.6 is 0 Å². The quantitative estimate of drug-likeness (QED) is 0.360. The number of aromatic nitrogens is 1. The molecule has 2 heterocycles. The number of esters is 1. The minimum absolute atomic E-state index is 0.0792. The summed E-state index contributed by atoms with van der Waals surface area (Å²) in [5, 5.41) is 0. The lowest BCUT2D eigenvalue weighted by atomic mass is 9.87. The van der Waals surface area contributed by atoms with Gasteiger partial charge in [-0.3, -0.25) is 4.90 Å². The van der Waals surface area contributed by atoms with Crippen LogP contribution in [-0.4, -0.2) is 54.7 Å². The number of hydrogen-bond donors (Lipinski definition) is 0. The number of halogens is 2. The summed E-state index contributed by atoms with van der Waals surface area (Å²) < 4.78 is 32.4. The molecule has 190 valence electrons. The van der Waals surface area contributed by atoms with E-state index in [2.05, 4.69) is 14.8 Å². The van der Waals surface area contributed by atoms with E-state index in [-0.39, 0.29) is 29.6 Å². The monoisotopic (exact) mass is 493 g/mol. The van der Waals surface area contributed by atoms with Crippen molar-refractivity contribution >= 4 is 11.8 Å². The Balaban J connectivity index is 1.34. The predicted molar refractivity (Wildman–Crippen MR) is 137 cm³/mol. The highest BCUT2D eigenvalue weighted by Crippen LogP contribution is 2.30. The average molecular weight is 494 g/mol. The summed E-state index contributed by atoms with van der Waals surface area (Å²) in [5.41, 5.74) is 2.56. The highest BCUT2D eigenvalue weighted by Gasteiger charge is 2.24. The third kappa shape index (κ3) is 6.66. The standard InChI is InChI=1S/C29H33F2N3O2/c1-21(2)36-29(35)27-5-3-15-32-28(27)34-19-17-33(18-20-34)16-4-6-26(22-7-11-24(30)12-8-22)23-9-13-25(31)14-10-23/h3,5,7-15,21,26H,4,6,16-20H2,1-2H3. The summed E-state index contributed by atoms with van der Waals surface area (Å²) in [6, 6.07) is 16.7. The van der Waals surface area contributed by atoms with E-state index in [0.717, 1.165) is 56.7 Å². The SMILES string of the molecule is CC(C)OC(=O)c1cccnc1N1CCN(CCCC(c2ccc(F)cc2)c2ccc(F)cc2)CC1. The molecule has 0 radical (unpaired) electrons. The maximum absolute atomic E-state index is 13.5. The summed E-state index contributed by atoms with van der Waals surface area (Å²) in [4.78, 5) is 21.6. The molecule has 3 aromatic rings. The van der Waals surface area contributed by atoms with Crippen LogP contribution in [0.3, 0.4) is 0 Å². The molecule has 7 heteroatoms. The number of nitrogens with zero attached hydrogens (tertiary/aromatic N) is 3. The molecule has 4 rings (SSSR count). The van der Waals surface area contributed by atoms with Crippen LogP contribution in [0.2, 0.25) is 0 Å². The number of pyridine rings is 1. The van der Waals surface area contributed by atoms with E-state index >= 15 is 0 Å². The molecule has 1 fully saturated rings. The van der Waals surface area contributed by atoms with Crippen molar-refractivity contribution < 1.29 is 18.3 Å². The van der Waals surface area contributed by atoms with Gasteiger partial charge in [0.15, 0.2) is 0 Å². The second-order valence-electron chi connectivity index (χ2n) is 9.46. The van der Waals surface area contributed by atoms with Crippen LogP contribution < -0.4 is 4.90 Å². The summed E-state index contributed by atoms with van der Waals surface area (Å²) in [6.45, 7) is 7.89. The average Bonchev–Trinajstić information content (AvgIpc) is 2.88. The Hall–Kier alpha value is -3.32. The zero-order valence-corrected chi connectivity index (χ0v) is 20.9. The third-order valence-corrected chi connectivity index (χ3v) is 6.53. The second-order valence-corrected chi connectivity index (χ2v) is 9.46. The van der Waals surface area contributed by atoms with Gasteiger partial charge in [0.05, 0.1) is 6.10 Å². The number of carbonyl (C=O) groups is 1. The van der Waals surface area contributed by atoms with Gasteiger partial charge in [-0.25, -0.2) is 18.6 Å². The Morgan fingerprint density at radius 3 is 2.06 bits per heavy atom. The first kappa shape index (κ1) is 25.8. The maximum Gasteiger partial charge on any atom is 0.342 e. The molecule has 0 saturated carbocycles. The number of benzene rings is 2. The predicted octanol–water partition coefficient (Wildman–Crippen LogP) is 5.66. The molecular formula is C29H33F2N3O2. The van der Waals surface area contributed by atoms with E-state index in [1.807, 2.05) is 38.1 Å². The molecule has 2 aromatic carbocycles. The third-order valence-electron chi connectivity index (χ3n) is 6.53. The van der Waals surface area contributed by atoms with Gasteiger partial charge in [0, 0.05) is 38.3 Å². The van der Waals surface area contributed by atoms with Gasteiger partial charge in [0.25, 0.3) is 0 Å². The van der Waals surface area contributed by atoms with Gasteiger partial charge in [0.1, 0.15) is 23.0 Å². The van der Waals surface area contributed by atoms with Gasteiger partial charge in [-0.05, 0) is 80.8 Å². The highest BCUT2D eigenvalue weighted by molar-refractivity contribution is 5.94. The first-order valence-electron chi connectivity index (χ1n) is 12.5.